The minimum Gasteiger partial charge on any atom is -0.348 e. The van der Waals surface area contributed by atoms with Crippen molar-refractivity contribution in [1.82, 2.24) is 0 Å². The Labute approximate surface area is 118 Å². The standard InChI is InChI=1S/C15H20N2O3/c1-15(2)19-9-11(20-15)8-17-13-6-4-3-5-10(13)7-12(16)14(17)18/h3-6,11-12H,7-9,16H2,1-2H3/t11-,12+/m1/s1. The van der Waals surface area contributed by atoms with Crippen LogP contribution in [0, 0.1) is 0 Å². The summed E-state index contributed by atoms with van der Waals surface area (Å²) in [5.74, 6) is -0.623. The summed E-state index contributed by atoms with van der Waals surface area (Å²) in [5, 5.41) is 0. The van der Waals surface area contributed by atoms with E-state index in [-0.39, 0.29) is 12.0 Å². The van der Waals surface area contributed by atoms with E-state index >= 15 is 0 Å². The maximum Gasteiger partial charge on any atom is 0.244 e. The van der Waals surface area contributed by atoms with Gasteiger partial charge in [0.15, 0.2) is 5.79 Å². The van der Waals surface area contributed by atoms with Crippen LogP contribution in [-0.2, 0) is 20.7 Å². The SMILES string of the molecule is CC1(C)OC[C@@H](CN2C(=O)[C@@H](N)Cc3ccccc32)O1. The van der Waals surface area contributed by atoms with Crippen LogP contribution in [-0.4, -0.2) is 37.0 Å². The zero-order valence-electron chi connectivity index (χ0n) is 11.8. The van der Waals surface area contributed by atoms with Crippen LogP contribution in [0.25, 0.3) is 0 Å². The molecule has 1 fully saturated rings. The fourth-order valence-corrected chi connectivity index (χ4v) is 2.83. The lowest BCUT2D eigenvalue weighted by Crippen LogP contribution is -2.51. The fraction of sp³-hybridized carbons (Fsp3) is 0.533. The van der Waals surface area contributed by atoms with Gasteiger partial charge in [-0.3, -0.25) is 4.79 Å². The summed E-state index contributed by atoms with van der Waals surface area (Å²) in [6.07, 6.45) is 0.478. The number of anilines is 1. The first-order valence-electron chi connectivity index (χ1n) is 6.93. The van der Waals surface area contributed by atoms with E-state index in [1.807, 2.05) is 38.1 Å². The third kappa shape index (κ3) is 2.44. The normalized spacial score (nSPS) is 28.6. The second-order valence-corrected chi connectivity index (χ2v) is 5.84. The molecule has 0 radical (unpaired) electrons. The highest BCUT2D eigenvalue weighted by Gasteiger charge is 2.37. The van der Waals surface area contributed by atoms with E-state index in [1.54, 1.807) is 4.90 Å². The molecule has 0 aromatic heterocycles. The number of nitrogens with two attached hydrogens (primary N) is 1. The van der Waals surface area contributed by atoms with Gasteiger partial charge in [-0.05, 0) is 31.9 Å². The Morgan fingerprint density at radius 3 is 2.85 bits per heavy atom. The van der Waals surface area contributed by atoms with E-state index in [9.17, 15) is 4.79 Å². The van der Waals surface area contributed by atoms with E-state index < -0.39 is 11.8 Å². The third-order valence-electron chi connectivity index (χ3n) is 3.76. The average molecular weight is 276 g/mol. The van der Waals surface area contributed by atoms with Gasteiger partial charge in [0.2, 0.25) is 5.91 Å². The molecule has 0 aliphatic carbocycles. The highest BCUT2D eigenvalue weighted by atomic mass is 16.7. The summed E-state index contributed by atoms with van der Waals surface area (Å²) < 4.78 is 11.3. The number of amides is 1. The number of carbonyl (C=O) groups is 1. The largest absolute Gasteiger partial charge is 0.348 e. The molecule has 5 nitrogen and oxygen atoms in total. The maximum absolute atomic E-state index is 12.3. The first kappa shape index (κ1) is 13.5. The van der Waals surface area contributed by atoms with Gasteiger partial charge in [0.05, 0.1) is 19.2 Å². The van der Waals surface area contributed by atoms with E-state index in [0.717, 1.165) is 11.3 Å². The Bertz CT molecular complexity index is 530. The molecule has 2 N–H and O–H groups in total. The molecule has 2 atom stereocenters. The van der Waals surface area contributed by atoms with Crippen molar-refractivity contribution in [2.24, 2.45) is 5.73 Å². The Hall–Kier alpha value is -1.43. The van der Waals surface area contributed by atoms with Crippen molar-refractivity contribution in [3.8, 4) is 0 Å². The molecule has 20 heavy (non-hydrogen) atoms. The van der Waals surface area contributed by atoms with E-state index in [4.69, 9.17) is 15.2 Å². The highest BCUT2D eigenvalue weighted by Crippen LogP contribution is 2.29. The molecule has 3 rings (SSSR count). The Kier molecular flexibility index (Phi) is 3.28. The van der Waals surface area contributed by atoms with Crippen molar-refractivity contribution in [2.45, 2.75) is 38.2 Å². The van der Waals surface area contributed by atoms with Gasteiger partial charge in [0.1, 0.15) is 6.10 Å². The molecule has 5 heteroatoms. The maximum atomic E-state index is 12.3. The lowest BCUT2D eigenvalue weighted by molar-refractivity contribution is -0.138. The van der Waals surface area contributed by atoms with Crippen molar-refractivity contribution >= 4 is 11.6 Å². The summed E-state index contributed by atoms with van der Waals surface area (Å²) in [5.41, 5.74) is 7.99. The molecule has 2 aliphatic heterocycles. The number of para-hydroxylation sites is 1. The second kappa shape index (κ2) is 4.84. The Morgan fingerprint density at radius 2 is 2.15 bits per heavy atom. The second-order valence-electron chi connectivity index (χ2n) is 5.84. The number of nitrogens with zero attached hydrogens (tertiary/aromatic N) is 1. The molecule has 1 amide bonds. The van der Waals surface area contributed by atoms with Gasteiger partial charge in [-0.15, -0.1) is 0 Å². The quantitative estimate of drug-likeness (QED) is 0.877. The minimum atomic E-state index is -0.578. The lowest BCUT2D eigenvalue weighted by atomic mass is 9.97. The fourth-order valence-electron chi connectivity index (χ4n) is 2.83. The van der Waals surface area contributed by atoms with Gasteiger partial charge in [-0.25, -0.2) is 0 Å². The third-order valence-corrected chi connectivity index (χ3v) is 3.76. The van der Waals surface area contributed by atoms with Crippen LogP contribution < -0.4 is 10.6 Å². The van der Waals surface area contributed by atoms with E-state index in [2.05, 4.69) is 0 Å². The lowest BCUT2D eigenvalue weighted by Gasteiger charge is -2.34. The summed E-state index contributed by atoms with van der Waals surface area (Å²) in [7, 11) is 0. The Morgan fingerprint density at radius 1 is 1.40 bits per heavy atom. The molecule has 1 aromatic rings. The van der Waals surface area contributed by atoms with Crippen LogP contribution in [0.1, 0.15) is 19.4 Å². The first-order valence-corrected chi connectivity index (χ1v) is 6.93. The predicted molar refractivity (Wildman–Crippen MR) is 75.4 cm³/mol. The van der Waals surface area contributed by atoms with E-state index in [1.165, 1.54) is 0 Å². The molecule has 0 saturated carbocycles. The van der Waals surface area contributed by atoms with Crippen molar-refractivity contribution in [2.75, 3.05) is 18.1 Å². The van der Waals surface area contributed by atoms with Crippen LogP contribution >= 0.6 is 0 Å². The molecule has 2 heterocycles. The van der Waals surface area contributed by atoms with Crippen LogP contribution in [0.5, 0.6) is 0 Å². The van der Waals surface area contributed by atoms with Crippen LogP contribution in [0.4, 0.5) is 5.69 Å². The highest BCUT2D eigenvalue weighted by molar-refractivity contribution is 6.00. The number of carbonyl (C=O) groups excluding carboxylic acids is 1. The van der Waals surface area contributed by atoms with Gasteiger partial charge in [-0.1, -0.05) is 18.2 Å². The van der Waals surface area contributed by atoms with E-state index in [0.29, 0.717) is 19.6 Å². The number of fused-ring (bicyclic) bond motifs is 1. The number of hydrogen-bond donors (Lipinski definition) is 1. The molecule has 0 spiro atoms. The summed E-state index contributed by atoms with van der Waals surface area (Å²) in [4.78, 5) is 14.1. The zero-order chi connectivity index (χ0) is 14.3. The van der Waals surface area contributed by atoms with Gasteiger partial charge >= 0.3 is 0 Å². The van der Waals surface area contributed by atoms with Gasteiger partial charge in [0, 0.05) is 5.69 Å². The number of rotatable bonds is 2. The smallest absolute Gasteiger partial charge is 0.244 e. The van der Waals surface area contributed by atoms with Crippen LogP contribution in [0.2, 0.25) is 0 Å². The first-order chi connectivity index (χ1) is 9.46. The molecule has 0 bridgehead atoms. The minimum absolute atomic E-state index is 0.0444. The van der Waals surface area contributed by atoms with Crippen LogP contribution in [0.15, 0.2) is 24.3 Å². The predicted octanol–water partition coefficient (Wildman–Crippen LogP) is 1.05. The Balaban J connectivity index is 1.83. The average Bonchev–Trinajstić information content (AvgIpc) is 2.74. The summed E-state index contributed by atoms with van der Waals surface area (Å²) in [6, 6.07) is 7.41. The van der Waals surface area contributed by atoms with Gasteiger partial charge in [0.25, 0.3) is 0 Å². The summed E-state index contributed by atoms with van der Waals surface area (Å²) in [6.45, 7) is 4.73. The molecule has 108 valence electrons. The molecule has 1 aromatic carbocycles. The topological polar surface area (TPSA) is 64.8 Å². The molecule has 0 unspecified atom stereocenters. The van der Waals surface area contributed by atoms with Crippen molar-refractivity contribution in [1.29, 1.82) is 0 Å². The molecular formula is C15H20N2O3. The van der Waals surface area contributed by atoms with Gasteiger partial charge in [-0.2, -0.15) is 0 Å². The van der Waals surface area contributed by atoms with Crippen LogP contribution in [0.3, 0.4) is 0 Å². The van der Waals surface area contributed by atoms with Gasteiger partial charge < -0.3 is 20.1 Å². The van der Waals surface area contributed by atoms with Crippen molar-refractivity contribution in [3.05, 3.63) is 29.8 Å². The number of ether oxygens (including phenoxy) is 2. The molecule has 1 saturated heterocycles. The number of hydrogen-bond acceptors (Lipinski definition) is 4. The van der Waals surface area contributed by atoms with Crippen molar-refractivity contribution < 1.29 is 14.3 Å². The molecule has 2 aliphatic rings. The zero-order valence-corrected chi connectivity index (χ0v) is 11.8. The molecular weight excluding hydrogens is 256 g/mol. The monoisotopic (exact) mass is 276 g/mol. The van der Waals surface area contributed by atoms with Crippen molar-refractivity contribution in [3.63, 3.8) is 0 Å². The number of benzene rings is 1. The summed E-state index contributed by atoms with van der Waals surface area (Å²) >= 11 is 0.